The van der Waals surface area contributed by atoms with E-state index in [0.717, 1.165) is 16.9 Å². The number of sulfonamides is 1. The van der Waals surface area contributed by atoms with E-state index in [2.05, 4.69) is 4.72 Å². The zero-order valence-corrected chi connectivity index (χ0v) is 17.7. The van der Waals surface area contributed by atoms with E-state index >= 15 is 0 Å². The highest BCUT2D eigenvalue weighted by atomic mass is 32.2. The molecule has 150 valence electrons. The number of thiazole rings is 1. The van der Waals surface area contributed by atoms with Crippen molar-refractivity contribution in [2.24, 2.45) is 0 Å². The number of fused-ring (bicyclic) bond motifs is 1. The molecule has 0 amide bonds. The molecule has 1 atom stereocenters. The number of aryl methyl sites for hydroxylation is 1. The number of aromatic nitrogens is 1. The van der Waals surface area contributed by atoms with Gasteiger partial charge in [-0.3, -0.25) is 9.36 Å². The van der Waals surface area contributed by atoms with Crippen molar-refractivity contribution in [3.63, 3.8) is 0 Å². The Balaban J connectivity index is 1.95. The van der Waals surface area contributed by atoms with Crippen LogP contribution in [0.2, 0.25) is 0 Å². The van der Waals surface area contributed by atoms with Crippen molar-refractivity contribution in [2.45, 2.75) is 31.3 Å². The van der Waals surface area contributed by atoms with E-state index in [4.69, 9.17) is 9.47 Å². The Morgan fingerprint density at radius 3 is 2.54 bits per heavy atom. The van der Waals surface area contributed by atoms with E-state index in [1.807, 2.05) is 6.92 Å². The predicted molar refractivity (Wildman–Crippen MR) is 110 cm³/mol. The van der Waals surface area contributed by atoms with Crippen LogP contribution in [0.3, 0.4) is 0 Å². The molecule has 2 aromatic carbocycles. The smallest absolute Gasteiger partial charge is 0.308 e. The molecule has 0 saturated carbocycles. The molecule has 0 aliphatic heterocycles. The van der Waals surface area contributed by atoms with Crippen LogP contribution in [0.5, 0.6) is 11.5 Å². The van der Waals surface area contributed by atoms with E-state index in [9.17, 15) is 13.2 Å². The number of hydrogen-bond donors (Lipinski definition) is 1. The normalized spacial score (nSPS) is 12.9. The monoisotopic (exact) mass is 422 g/mol. The van der Waals surface area contributed by atoms with Crippen LogP contribution in [0.4, 0.5) is 0 Å². The first-order chi connectivity index (χ1) is 13.3. The summed E-state index contributed by atoms with van der Waals surface area (Å²) in [5.41, 5.74) is 1.40. The van der Waals surface area contributed by atoms with Crippen molar-refractivity contribution in [1.82, 2.24) is 9.29 Å². The molecule has 3 aromatic rings. The van der Waals surface area contributed by atoms with E-state index < -0.39 is 16.1 Å². The molecule has 3 rings (SSSR count). The zero-order chi connectivity index (χ0) is 20.5. The molecule has 1 unspecified atom stereocenters. The SMILES string of the molecule is CCn1c(=O)sc2cc(S(=O)(=O)NC(C)c3cc(OC)ccc3OC)ccc21. The van der Waals surface area contributed by atoms with Gasteiger partial charge < -0.3 is 9.47 Å². The fourth-order valence-corrected chi connectivity index (χ4v) is 5.37. The number of nitrogens with zero attached hydrogens (tertiary/aromatic N) is 1. The molecule has 0 bridgehead atoms. The lowest BCUT2D eigenvalue weighted by Gasteiger charge is -2.18. The molecule has 1 aromatic heterocycles. The van der Waals surface area contributed by atoms with Crippen LogP contribution in [0.15, 0.2) is 46.1 Å². The van der Waals surface area contributed by atoms with Gasteiger partial charge in [0.1, 0.15) is 11.5 Å². The third-order valence-corrected chi connectivity index (χ3v) is 6.98. The highest BCUT2D eigenvalue weighted by molar-refractivity contribution is 7.89. The Bertz CT molecular complexity index is 1160. The summed E-state index contributed by atoms with van der Waals surface area (Å²) < 4.78 is 41.3. The lowest BCUT2D eigenvalue weighted by Crippen LogP contribution is -2.27. The summed E-state index contributed by atoms with van der Waals surface area (Å²) in [7, 11) is -0.731. The van der Waals surface area contributed by atoms with Crippen LogP contribution < -0.4 is 19.1 Å². The third-order valence-electron chi connectivity index (χ3n) is 4.50. The van der Waals surface area contributed by atoms with Crippen LogP contribution >= 0.6 is 11.3 Å². The van der Waals surface area contributed by atoms with Crippen molar-refractivity contribution < 1.29 is 17.9 Å². The molecule has 0 aliphatic rings. The minimum absolute atomic E-state index is 0.102. The van der Waals surface area contributed by atoms with Gasteiger partial charge >= 0.3 is 4.87 Å². The number of hydrogen-bond acceptors (Lipinski definition) is 6. The molecular formula is C19H22N2O5S2. The molecule has 7 nitrogen and oxygen atoms in total. The summed E-state index contributed by atoms with van der Waals surface area (Å²) in [6.07, 6.45) is 0. The lowest BCUT2D eigenvalue weighted by molar-refractivity contribution is 0.395. The summed E-state index contributed by atoms with van der Waals surface area (Å²) in [4.78, 5) is 12.0. The average molecular weight is 423 g/mol. The number of ether oxygens (including phenoxy) is 2. The first-order valence-corrected chi connectivity index (χ1v) is 11.0. The van der Waals surface area contributed by atoms with Crippen molar-refractivity contribution in [2.75, 3.05) is 14.2 Å². The summed E-state index contributed by atoms with van der Waals surface area (Å²) in [5.74, 6) is 1.17. The third kappa shape index (κ3) is 3.78. The number of rotatable bonds is 7. The topological polar surface area (TPSA) is 86.6 Å². The molecule has 0 radical (unpaired) electrons. The Hall–Kier alpha value is -2.36. The van der Waals surface area contributed by atoms with Gasteiger partial charge in [0.15, 0.2) is 0 Å². The van der Waals surface area contributed by atoms with Gasteiger partial charge in [0, 0.05) is 18.2 Å². The molecule has 0 aliphatic carbocycles. The average Bonchev–Trinajstić information content (AvgIpc) is 3.01. The summed E-state index contributed by atoms with van der Waals surface area (Å²) >= 11 is 1.04. The summed E-state index contributed by atoms with van der Waals surface area (Å²) in [6.45, 7) is 4.15. The highest BCUT2D eigenvalue weighted by Crippen LogP contribution is 2.30. The minimum atomic E-state index is -3.80. The molecular weight excluding hydrogens is 400 g/mol. The lowest BCUT2D eigenvalue weighted by atomic mass is 10.1. The Kier molecular flexibility index (Phi) is 5.78. The first kappa shape index (κ1) is 20.4. The van der Waals surface area contributed by atoms with Gasteiger partial charge in [0.05, 0.1) is 29.3 Å². The summed E-state index contributed by atoms with van der Waals surface area (Å²) in [6, 6.07) is 9.38. The van der Waals surface area contributed by atoms with Crippen LogP contribution in [-0.2, 0) is 16.6 Å². The van der Waals surface area contributed by atoms with E-state index in [1.54, 1.807) is 42.9 Å². The molecule has 1 heterocycles. The van der Waals surface area contributed by atoms with E-state index in [-0.39, 0.29) is 9.77 Å². The second-order valence-corrected chi connectivity index (χ2v) is 8.90. The quantitative estimate of drug-likeness (QED) is 0.632. The molecule has 0 fully saturated rings. The van der Waals surface area contributed by atoms with E-state index in [0.29, 0.717) is 28.3 Å². The maximum atomic E-state index is 12.9. The first-order valence-electron chi connectivity index (χ1n) is 8.68. The molecule has 0 spiro atoms. The van der Waals surface area contributed by atoms with Gasteiger partial charge in [0.2, 0.25) is 10.0 Å². The van der Waals surface area contributed by atoms with Crippen molar-refractivity contribution in [3.05, 3.63) is 51.6 Å². The fourth-order valence-electron chi connectivity index (χ4n) is 3.06. The maximum absolute atomic E-state index is 12.9. The van der Waals surface area contributed by atoms with Gasteiger partial charge in [0.25, 0.3) is 0 Å². The Labute approximate surface area is 167 Å². The molecule has 0 saturated heterocycles. The second kappa shape index (κ2) is 7.94. The molecule has 9 heteroatoms. The molecule has 1 N–H and O–H groups in total. The van der Waals surface area contributed by atoms with Crippen LogP contribution in [0.1, 0.15) is 25.5 Å². The zero-order valence-electron chi connectivity index (χ0n) is 16.1. The van der Waals surface area contributed by atoms with Gasteiger partial charge in [-0.2, -0.15) is 0 Å². The van der Waals surface area contributed by atoms with Gasteiger partial charge in [-0.15, -0.1) is 0 Å². The van der Waals surface area contributed by atoms with Crippen LogP contribution in [-0.4, -0.2) is 27.2 Å². The molecule has 28 heavy (non-hydrogen) atoms. The Morgan fingerprint density at radius 2 is 1.89 bits per heavy atom. The number of benzene rings is 2. The van der Waals surface area contributed by atoms with Crippen LogP contribution in [0, 0.1) is 0 Å². The van der Waals surface area contributed by atoms with Crippen molar-refractivity contribution >= 4 is 31.6 Å². The van der Waals surface area contributed by atoms with Gasteiger partial charge in [-0.05, 0) is 50.2 Å². The second-order valence-electron chi connectivity index (χ2n) is 6.19. The van der Waals surface area contributed by atoms with Crippen molar-refractivity contribution in [1.29, 1.82) is 0 Å². The Morgan fingerprint density at radius 1 is 1.14 bits per heavy atom. The maximum Gasteiger partial charge on any atom is 0.308 e. The van der Waals surface area contributed by atoms with Crippen molar-refractivity contribution in [3.8, 4) is 11.5 Å². The minimum Gasteiger partial charge on any atom is -0.497 e. The fraction of sp³-hybridized carbons (Fsp3) is 0.316. The van der Waals surface area contributed by atoms with Gasteiger partial charge in [-0.25, -0.2) is 13.1 Å². The highest BCUT2D eigenvalue weighted by Gasteiger charge is 2.22. The number of nitrogens with one attached hydrogen (secondary N) is 1. The number of methoxy groups -OCH3 is 2. The van der Waals surface area contributed by atoms with E-state index in [1.165, 1.54) is 19.2 Å². The predicted octanol–water partition coefficient (Wildman–Crippen LogP) is 3.14. The standard InChI is InChI=1S/C19H22N2O5S2/c1-5-21-16-8-7-14(11-18(16)27-19(21)22)28(23,24)20-12(2)15-10-13(25-3)6-9-17(15)26-4/h6-12,20H,5H2,1-4H3. The largest absolute Gasteiger partial charge is 0.497 e. The van der Waals surface area contributed by atoms with Crippen LogP contribution in [0.25, 0.3) is 10.2 Å². The van der Waals surface area contributed by atoms with Gasteiger partial charge in [-0.1, -0.05) is 11.3 Å². The summed E-state index contributed by atoms with van der Waals surface area (Å²) in [5, 5.41) is 0.